The van der Waals surface area contributed by atoms with Gasteiger partial charge in [-0.3, -0.25) is 9.98 Å². The first-order chi connectivity index (χ1) is 6.33. The van der Waals surface area contributed by atoms with Crippen molar-refractivity contribution in [3.63, 3.8) is 0 Å². The number of fused-ring (bicyclic) bond motifs is 1. The molecule has 0 aromatic carbocycles. The van der Waals surface area contributed by atoms with Crippen molar-refractivity contribution in [2.24, 2.45) is 0 Å². The van der Waals surface area contributed by atoms with Gasteiger partial charge in [0.2, 0.25) is 5.62 Å². The van der Waals surface area contributed by atoms with Crippen LogP contribution in [0.2, 0.25) is 0 Å². The van der Waals surface area contributed by atoms with E-state index in [1.165, 1.54) is 0 Å². The van der Waals surface area contributed by atoms with E-state index in [-0.39, 0.29) is 5.62 Å². The maximum absolute atomic E-state index is 7.59. The lowest BCUT2D eigenvalue weighted by Crippen LogP contribution is -2.23. The summed E-state index contributed by atoms with van der Waals surface area (Å²) >= 11 is 0. The molecule has 0 bridgehead atoms. The van der Waals surface area contributed by atoms with Crippen LogP contribution in [0.4, 0.5) is 0 Å². The standard InChI is InChI=1S/C8H11N5/c1-2-3-13-7-6(11-5-12-7)4-10-8(13)9/h4-5,9H,2-3H2,1H3,(H,11,12). The van der Waals surface area contributed by atoms with Gasteiger partial charge in [0.05, 0.1) is 12.5 Å². The summed E-state index contributed by atoms with van der Waals surface area (Å²) in [4.78, 5) is 11.1. The number of imidazole rings is 1. The van der Waals surface area contributed by atoms with E-state index >= 15 is 0 Å². The number of nitrogens with one attached hydrogen (secondary N) is 2. The van der Waals surface area contributed by atoms with Crippen molar-refractivity contribution < 1.29 is 0 Å². The largest absolute Gasteiger partial charge is 0.342 e. The van der Waals surface area contributed by atoms with Gasteiger partial charge in [-0.25, -0.2) is 9.97 Å². The fourth-order valence-corrected chi connectivity index (χ4v) is 1.34. The number of aryl methyl sites for hydroxylation is 1. The molecule has 2 aromatic rings. The zero-order valence-corrected chi connectivity index (χ0v) is 7.41. The Balaban J connectivity index is 2.73. The zero-order valence-electron chi connectivity index (χ0n) is 7.41. The van der Waals surface area contributed by atoms with Gasteiger partial charge in [-0.15, -0.1) is 0 Å². The summed E-state index contributed by atoms with van der Waals surface area (Å²) in [5, 5.41) is 7.59. The van der Waals surface area contributed by atoms with Crippen LogP contribution in [0.5, 0.6) is 0 Å². The van der Waals surface area contributed by atoms with Crippen LogP contribution >= 0.6 is 0 Å². The molecule has 2 aromatic heterocycles. The molecule has 2 heterocycles. The Bertz CT molecular complexity index is 467. The van der Waals surface area contributed by atoms with Gasteiger partial charge in [0.1, 0.15) is 5.52 Å². The molecule has 0 atom stereocenters. The monoisotopic (exact) mass is 177 g/mol. The minimum absolute atomic E-state index is 0.265. The molecular weight excluding hydrogens is 166 g/mol. The molecule has 5 nitrogen and oxygen atoms in total. The summed E-state index contributed by atoms with van der Waals surface area (Å²) in [7, 11) is 0. The lowest BCUT2D eigenvalue weighted by Gasteiger charge is -2.03. The predicted octanol–water partition coefficient (Wildman–Crippen LogP) is 0.649. The number of rotatable bonds is 2. The normalized spacial score (nSPS) is 10.8. The van der Waals surface area contributed by atoms with E-state index in [0.29, 0.717) is 0 Å². The van der Waals surface area contributed by atoms with Crippen LogP contribution in [0.25, 0.3) is 11.2 Å². The van der Waals surface area contributed by atoms with Crippen LogP contribution < -0.4 is 5.62 Å². The molecule has 0 aliphatic rings. The highest BCUT2D eigenvalue weighted by molar-refractivity contribution is 5.68. The van der Waals surface area contributed by atoms with Gasteiger partial charge in [-0.05, 0) is 6.42 Å². The Morgan fingerprint density at radius 1 is 1.54 bits per heavy atom. The third-order valence-corrected chi connectivity index (χ3v) is 1.92. The lowest BCUT2D eigenvalue weighted by molar-refractivity contribution is 0.634. The summed E-state index contributed by atoms with van der Waals surface area (Å²) in [6.45, 7) is 2.85. The third-order valence-electron chi connectivity index (χ3n) is 1.92. The minimum atomic E-state index is 0.265. The van der Waals surface area contributed by atoms with Gasteiger partial charge < -0.3 is 4.98 Å². The maximum atomic E-state index is 7.59. The number of hydrogen-bond donors (Lipinski definition) is 2. The van der Waals surface area contributed by atoms with Crippen LogP contribution in [-0.2, 0) is 6.54 Å². The molecule has 2 rings (SSSR count). The topological polar surface area (TPSA) is 70.3 Å². The Kier molecular flexibility index (Phi) is 1.84. The average Bonchev–Trinajstić information content (AvgIpc) is 2.58. The molecule has 0 fully saturated rings. The van der Waals surface area contributed by atoms with Crippen LogP contribution in [0.3, 0.4) is 0 Å². The molecule has 0 aliphatic heterocycles. The smallest absolute Gasteiger partial charge is 0.223 e. The second-order valence-corrected chi connectivity index (χ2v) is 2.87. The van der Waals surface area contributed by atoms with Crippen molar-refractivity contribution in [2.45, 2.75) is 19.9 Å². The molecule has 0 unspecified atom stereocenters. The van der Waals surface area contributed by atoms with Crippen molar-refractivity contribution in [1.82, 2.24) is 19.5 Å². The first kappa shape index (κ1) is 7.97. The molecule has 0 amide bonds. The van der Waals surface area contributed by atoms with Gasteiger partial charge in [-0.2, -0.15) is 0 Å². The number of aromatic nitrogens is 4. The van der Waals surface area contributed by atoms with Crippen molar-refractivity contribution in [3.8, 4) is 0 Å². The van der Waals surface area contributed by atoms with Crippen molar-refractivity contribution >= 4 is 11.2 Å². The van der Waals surface area contributed by atoms with Crippen LogP contribution in [0.15, 0.2) is 12.5 Å². The van der Waals surface area contributed by atoms with E-state index in [2.05, 4.69) is 21.9 Å². The molecule has 5 heteroatoms. The average molecular weight is 177 g/mol. The van der Waals surface area contributed by atoms with Gasteiger partial charge in [0.15, 0.2) is 5.65 Å². The predicted molar refractivity (Wildman–Crippen MR) is 48.0 cm³/mol. The fraction of sp³-hybridized carbons (Fsp3) is 0.375. The molecule has 68 valence electrons. The van der Waals surface area contributed by atoms with Crippen molar-refractivity contribution in [2.75, 3.05) is 0 Å². The quantitative estimate of drug-likeness (QED) is 0.707. The summed E-state index contributed by atoms with van der Waals surface area (Å²) < 4.78 is 1.80. The number of H-pyrrole nitrogens is 1. The van der Waals surface area contributed by atoms with Crippen molar-refractivity contribution in [1.29, 1.82) is 5.41 Å². The van der Waals surface area contributed by atoms with Gasteiger partial charge in [0, 0.05) is 6.54 Å². The molecular formula is C8H11N5. The fourth-order valence-electron chi connectivity index (χ4n) is 1.34. The summed E-state index contributed by atoms with van der Waals surface area (Å²) in [6, 6.07) is 0. The highest BCUT2D eigenvalue weighted by Gasteiger charge is 2.02. The lowest BCUT2D eigenvalue weighted by atomic mass is 10.4. The van der Waals surface area contributed by atoms with Crippen molar-refractivity contribution in [3.05, 3.63) is 18.1 Å². The maximum Gasteiger partial charge on any atom is 0.223 e. The van der Waals surface area contributed by atoms with Gasteiger partial charge in [0.25, 0.3) is 0 Å². The van der Waals surface area contributed by atoms with E-state index in [1.54, 1.807) is 17.1 Å². The third kappa shape index (κ3) is 1.22. The highest BCUT2D eigenvalue weighted by Crippen LogP contribution is 2.03. The first-order valence-corrected chi connectivity index (χ1v) is 4.26. The molecule has 0 saturated heterocycles. The Morgan fingerprint density at radius 3 is 3.15 bits per heavy atom. The summed E-state index contributed by atoms with van der Waals surface area (Å²) in [5.41, 5.74) is 1.95. The minimum Gasteiger partial charge on any atom is -0.342 e. The van der Waals surface area contributed by atoms with E-state index in [9.17, 15) is 0 Å². The molecule has 0 aliphatic carbocycles. The SMILES string of the molecule is CCCn1c(=N)ncc2[nH]cnc21. The van der Waals surface area contributed by atoms with Crippen LogP contribution in [-0.4, -0.2) is 19.5 Å². The molecule has 2 N–H and O–H groups in total. The summed E-state index contributed by atoms with van der Waals surface area (Å²) in [6.07, 6.45) is 4.24. The summed E-state index contributed by atoms with van der Waals surface area (Å²) in [5.74, 6) is 0. The number of hydrogen-bond acceptors (Lipinski definition) is 3. The van der Waals surface area contributed by atoms with E-state index < -0.39 is 0 Å². The Morgan fingerprint density at radius 2 is 2.38 bits per heavy atom. The molecule has 0 saturated carbocycles. The second kappa shape index (κ2) is 3.01. The zero-order chi connectivity index (χ0) is 9.26. The van der Waals surface area contributed by atoms with Gasteiger partial charge >= 0.3 is 0 Å². The Hall–Kier alpha value is -1.65. The number of aromatic amines is 1. The molecule has 0 radical (unpaired) electrons. The van der Waals surface area contributed by atoms with Crippen LogP contribution in [0.1, 0.15) is 13.3 Å². The van der Waals surface area contributed by atoms with E-state index in [0.717, 1.165) is 24.1 Å². The first-order valence-electron chi connectivity index (χ1n) is 4.26. The second-order valence-electron chi connectivity index (χ2n) is 2.87. The Labute approximate surface area is 75.0 Å². The van der Waals surface area contributed by atoms with Crippen LogP contribution in [0, 0.1) is 5.41 Å². The van der Waals surface area contributed by atoms with Gasteiger partial charge in [-0.1, -0.05) is 6.92 Å². The molecule has 0 spiro atoms. The highest BCUT2D eigenvalue weighted by atomic mass is 15.1. The number of nitrogens with zero attached hydrogens (tertiary/aromatic N) is 3. The van der Waals surface area contributed by atoms with E-state index in [4.69, 9.17) is 5.41 Å². The molecule has 13 heavy (non-hydrogen) atoms. The van der Waals surface area contributed by atoms with E-state index in [1.807, 2.05) is 0 Å².